The summed E-state index contributed by atoms with van der Waals surface area (Å²) < 4.78 is 44.8. The van der Waals surface area contributed by atoms with Crippen LogP contribution in [0.1, 0.15) is 17.4 Å². The quantitative estimate of drug-likeness (QED) is 0.507. The minimum absolute atomic E-state index is 0.124. The fraction of sp³-hybridized carbons (Fsp3) is 0.200. The lowest BCUT2D eigenvalue weighted by molar-refractivity contribution is -0.00119. The third kappa shape index (κ3) is 3.20. The van der Waals surface area contributed by atoms with E-state index in [0.717, 1.165) is 23.4 Å². The maximum atomic E-state index is 13.5. The number of fused-ring (bicyclic) bond motifs is 1. The van der Waals surface area contributed by atoms with Crippen molar-refractivity contribution in [2.24, 2.45) is 0 Å². The van der Waals surface area contributed by atoms with E-state index in [-0.39, 0.29) is 24.4 Å². The highest BCUT2D eigenvalue weighted by atomic mass is 19.2. The van der Waals surface area contributed by atoms with Crippen LogP contribution in [0, 0.1) is 11.6 Å². The van der Waals surface area contributed by atoms with Gasteiger partial charge in [0, 0.05) is 5.56 Å². The lowest BCUT2D eigenvalue weighted by Gasteiger charge is -2.24. The van der Waals surface area contributed by atoms with Gasteiger partial charge in [0.2, 0.25) is 5.82 Å². The number of hydrogen-bond acceptors (Lipinski definition) is 7. The Morgan fingerprint density at radius 3 is 2.70 bits per heavy atom. The summed E-state index contributed by atoms with van der Waals surface area (Å²) in [6, 6.07) is 11.0. The molecule has 30 heavy (non-hydrogen) atoms. The fourth-order valence-corrected chi connectivity index (χ4v) is 3.27. The second-order valence-electron chi connectivity index (χ2n) is 6.69. The molecule has 0 saturated carbocycles. The number of nitrogens with zero attached hydrogens (tertiary/aromatic N) is 5. The maximum absolute atomic E-state index is 13.5. The molecule has 5 rings (SSSR count). The first-order valence-electron chi connectivity index (χ1n) is 9.10. The fourth-order valence-electron chi connectivity index (χ4n) is 3.27. The Morgan fingerprint density at radius 2 is 1.93 bits per heavy atom. The molecule has 0 radical (unpaired) electrons. The van der Waals surface area contributed by atoms with Gasteiger partial charge >= 0.3 is 0 Å². The van der Waals surface area contributed by atoms with Crippen molar-refractivity contribution in [3.63, 3.8) is 0 Å². The van der Waals surface area contributed by atoms with E-state index < -0.39 is 11.6 Å². The first-order valence-corrected chi connectivity index (χ1v) is 9.10. The van der Waals surface area contributed by atoms with E-state index >= 15 is 0 Å². The zero-order valence-electron chi connectivity index (χ0n) is 15.7. The van der Waals surface area contributed by atoms with Crippen molar-refractivity contribution in [1.29, 1.82) is 0 Å². The van der Waals surface area contributed by atoms with Gasteiger partial charge in [0.25, 0.3) is 5.89 Å². The van der Waals surface area contributed by atoms with Crippen molar-refractivity contribution in [3.05, 3.63) is 65.4 Å². The van der Waals surface area contributed by atoms with E-state index in [1.165, 1.54) is 6.07 Å². The first kappa shape index (κ1) is 18.4. The lowest BCUT2D eigenvalue weighted by Crippen LogP contribution is -2.22. The smallest absolute Gasteiger partial charge is 0.280 e. The van der Waals surface area contributed by atoms with Gasteiger partial charge in [0.05, 0.1) is 26.0 Å². The van der Waals surface area contributed by atoms with Crippen LogP contribution < -0.4 is 4.74 Å². The van der Waals surface area contributed by atoms with E-state index in [4.69, 9.17) is 14.0 Å². The minimum Gasteiger partial charge on any atom is -0.497 e. The molecule has 8 nitrogen and oxygen atoms in total. The predicted octanol–water partition coefficient (Wildman–Crippen LogP) is 3.55. The molecule has 0 fully saturated rings. The molecule has 0 saturated heterocycles. The predicted molar refractivity (Wildman–Crippen MR) is 99.2 cm³/mol. The van der Waals surface area contributed by atoms with E-state index in [1.807, 2.05) is 24.3 Å². The van der Waals surface area contributed by atoms with E-state index in [9.17, 15) is 8.78 Å². The summed E-state index contributed by atoms with van der Waals surface area (Å²) in [5, 5.41) is 12.2. The number of aromatic nitrogens is 5. The van der Waals surface area contributed by atoms with Crippen LogP contribution in [0.3, 0.4) is 0 Å². The average molecular weight is 411 g/mol. The summed E-state index contributed by atoms with van der Waals surface area (Å²) in [4.78, 5) is 4.25. The summed E-state index contributed by atoms with van der Waals surface area (Å²) in [6.07, 6.45) is -0.182. The van der Waals surface area contributed by atoms with Gasteiger partial charge in [-0.25, -0.2) is 13.5 Å². The largest absolute Gasteiger partial charge is 0.497 e. The molecule has 0 aliphatic carbocycles. The molecule has 0 amide bonds. The number of benzene rings is 2. The van der Waals surface area contributed by atoms with Crippen LogP contribution in [0.2, 0.25) is 0 Å². The molecule has 152 valence electrons. The van der Waals surface area contributed by atoms with Gasteiger partial charge in [-0.05, 0) is 35.9 Å². The molecular formula is C20H15F2N5O3. The van der Waals surface area contributed by atoms with Crippen LogP contribution in [0.25, 0.3) is 23.0 Å². The number of halogens is 2. The number of hydrogen-bond donors (Lipinski definition) is 0. The zero-order chi connectivity index (χ0) is 20.7. The second-order valence-corrected chi connectivity index (χ2v) is 6.69. The molecular weight excluding hydrogens is 396 g/mol. The summed E-state index contributed by atoms with van der Waals surface area (Å²) in [5.41, 5.74) is 2.38. The highest BCUT2D eigenvalue weighted by Gasteiger charge is 2.28. The summed E-state index contributed by atoms with van der Waals surface area (Å²) in [6.45, 7) is 0.723. The monoisotopic (exact) mass is 411 g/mol. The standard InChI is InChI=1S/C20H15F2N5O3/c1-28-13-5-2-11(3-6-13)17-9-27-16(10-29-17)18(24-26-27)20-23-19(25-30-20)12-4-7-14(21)15(22)8-12/h2-8,17H,9-10H2,1H3/t17-/m1/s1. The molecule has 0 unspecified atom stereocenters. The number of ether oxygens (including phenoxy) is 2. The molecule has 1 atom stereocenters. The third-order valence-electron chi connectivity index (χ3n) is 4.89. The summed E-state index contributed by atoms with van der Waals surface area (Å²) in [5.74, 6) is -0.913. The SMILES string of the molecule is COc1ccc([C@H]2Cn3nnc(-c4nc(-c5ccc(F)c(F)c5)no4)c3CO2)cc1. The Bertz CT molecular complexity index is 1210. The van der Waals surface area contributed by atoms with Crippen LogP contribution in [-0.2, 0) is 17.9 Å². The Morgan fingerprint density at radius 1 is 1.10 bits per heavy atom. The molecule has 1 aliphatic heterocycles. The van der Waals surface area contributed by atoms with Crippen molar-refractivity contribution in [3.8, 4) is 28.7 Å². The van der Waals surface area contributed by atoms with E-state index in [1.54, 1.807) is 11.8 Å². The topological polar surface area (TPSA) is 88.1 Å². The first-order chi connectivity index (χ1) is 14.6. The normalized spacial score (nSPS) is 15.8. The van der Waals surface area contributed by atoms with Crippen molar-refractivity contribution in [2.45, 2.75) is 19.3 Å². The van der Waals surface area contributed by atoms with Crippen LogP contribution in [0.15, 0.2) is 47.0 Å². The van der Waals surface area contributed by atoms with Crippen molar-refractivity contribution in [1.82, 2.24) is 25.1 Å². The molecule has 1 aliphatic rings. The Kier molecular flexibility index (Phi) is 4.47. The third-order valence-corrected chi connectivity index (χ3v) is 4.89. The molecule has 0 bridgehead atoms. The molecule has 0 N–H and O–H groups in total. The number of methoxy groups -OCH3 is 1. The maximum Gasteiger partial charge on any atom is 0.280 e. The average Bonchev–Trinajstić information content (AvgIpc) is 3.42. The highest BCUT2D eigenvalue weighted by Crippen LogP contribution is 2.31. The molecule has 10 heteroatoms. The van der Waals surface area contributed by atoms with Crippen LogP contribution >= 0.6 is 0 Å². The Balaban J connectivity index is 1.39. The van der Waals surface area contributed by atoms with Gasteiger partial charge < -0.3 is 14.0 Å². The molecule has 2 aromatic carbocycles. The van der Waals surface area contributed by atoms with Gasteiger partial charge in [-0.1, -0.05) is 22.5 Å². The van der Waals surface area contributed by atoms with Crippen LogP contribution in [0.4, 0.5) is 8.78 Å². The lowest BCUT2D eigenvalue weighted by atomic mass is 10.1. The van der Waals surface area contributed by atoms with E-state index in [0.29, 0.717) is 23.5 Å². The van der Waals surface area contributed by atoms with Crippen molar-refractivity contribution >= 4 is 0 Å². The minimum atomic E-state index is -0.988. The number of rotatable bonds is 4. The van der Waals surface area contributed by atoms with Crippen LogP contribution in [-0.4, -0.2) is 32.2 Å². The van der Waals surface area contributed by atoms with Gasteiger partial charge in [0.1, 0.15) is 11.9 Å². The Labute approximate surface area is 169 Å². The van der Waals surface area contributed by atoms with Gasteiger partial charge in [-0.3, -0.25) is 0 Å². The molecule has 2 aromatic heterocycles. The van der Waals surface area contributed by atoms with Crippen LogP contribution in [0.5, 0.6) is 5.75 Å². The second kappa shape index (κ2) is 7.30. The van der Waals surface area contributed by atoms with Gasteiger partial charge in [-0.2, -0.15) is 4.98 Å². The van der Waals surface area contributed by atoms with Crippen molar-refractivity contribution < 1.29 is 22.8 Å². The molecule has 0 spiro atoms. The highest BCUT2D eigenvalue weighted by molar-refractivity contribution is 5.58. The van der Waals surface area contributed by atoms with Crippen molar-refractivity contribution in [2.75, 3.05) is 7.11 Å². The van der Waals surface area contributed by atoms with Gasteiger partial charge in [0.15, 0.2) is 17.3 Å². The zero-order valence-corrected chi connectivity index (χ0v) is 15.7. The van der Waals surface area contributed by atoms with E-state index in [2.05, 4.69) is 20.5 Å². The summed E-state index contributed by atoms with van der Waals surface area (Å²) >= 11 is 0. The van der Waals surface area contributed by atoms with Gasteiger partial charge in [-0.15, -0.1) is 5.10 Å². The Hall–Kier alpha value is -3.66. The summed E-state index contributed by atoms with van der Waals surface area (Å²) in [7, 11) is 1.62. The molecule has 3 heterocycles. The molecule has 4 aromatic rings.